The molecule has 0 heterocycles. The van der Waals surface area contributed by atoms with Crippen LogP contribution in [0.4, 0.5) is 4.39 Å². The molecule has 0 aliphatic rings. The van der Waals surface area contributed by atoms with Crippen LogP contribution in [0.5, 0.6) is 11.5 Å². The van der Waals surface area contributed by atoms with Gasteiger partial charge in [-0.25, -0.2) is 4.39 Å². The molecule has 0 unspecified atom stereocenters. The maximum absolute atomic E-state index is 14.9. The van der Waals surface area contributed by atoms with Crippen molar-refractivity contribution in [3.8, 4) is 22.6 Å². The lowest BCUT2D eigenvalue weighted by Crippen LogP contribution is -2.20. The third-order valence-electron chi connectivity index (χ3n) is 5.24. The zero-order valence-corrected chi connectivity index (χ0v) is 20.2. The van der Waals surface area contributed by atoms with Gasteiger partial charge in [0.05, 0.1) is 26.4 Å². The van der Waals surface area contributed by atoms with E-state index in [4.69, 9.17) is 29.2 Å². The predicted molar refractivity (Wildman–Crippen MR) is 132 cm³/mol. The summed E-state index contributed by atoms with van der Waals surface area (Å²) in [5, 5.41) is 17.5. The first-order valence-electron chi connectivity index (χ1n) is 11.7. The Morgan fingerprint density at radius 2 is 1.31 bits per heavy atom. The molecule has 0 aliphatic carbocycles. The highest BCUT2D eigenvalue weighted by atomic mass is 19.1. The topological polar surface area (TPSA) is 77.4 Å². The molecule has 35 heavy (non-hydrogen) atoms. The molecule has 2 atom stereocenters. The third kappa shape index (κ3) is 8.64. The van der Waals surface area contributed by atoms with Crippen LogP contribution >= 0.6 is 0 Å². The molecule has 2 N–H and O–H groups in total. The van der Waals surface area contributed by atoms with E-state index in [1.807, 2.05) is 56.3 Å². The minimum atomic E-state index is -0.344. The number of halogens is 1. The van der Waals surface area contributed by atoms with Gasteiger partial charge in [-0.15, -0.1) is 0 Å². The Morgan fingerprint density at radius 3 is 1.89 bits per heavy atom. The van der Waals surface area contributed by atoms with E-state index in [1.165, 1.54) is 0 Å². The van der Waals surface area contributed by atoms with Gasteiger partial charge in [0.15, 0.2) is 0 Å². The number of aliphatic hydroxyl groups excluding tert-OH is 2. The summed E-state index contributed by atoms with van der Waals surface area (Å²) in [6.45, 7) is 4.38. The second kappa shape index (κ2) is 13.8. The standard InChI is InChI=1S/C28H33FO6/c1-20(17-32-14-13-30)34-25-8-3-22(4-9-25)15-23-5-12-27(28(29)16-23)24-6-10-26(11-7-24)35-21(2)18-33-19-31/h3-12,16,20-21,30-31H,13-15,17-19H2,1-2H3/t20-,21+/m0/s1. The summed E-state index contributed by atoms with van der Waals surface area (Å²) in [5.74, 6) is 1.11. The highest BCUT2D eigenvalue weighted by Gasteiger charge is 2.10. The van der Waals surface area contributed by atoms with Crippen molar-refractivity contribution in [3.63, 3.8) is 0 Å². The van der Waals surface area contributed by atoms with Crippen molar-refractivity contribution in [2.75, 3.05) is 33.2 Å². The van der Waals surface area contributed by atoms with Gasteiger partial charge in [-0.1, -0.05) is 36.4 Å². The number of hydrogen-bond acceptors (Lipinski definition) is 6. The average Bonchev–Trinajstić information content (AvgIpc) is 2.85. The van der Waals surface area contributed by atoms with Crippen molar-refractivity contribution in [1.82, 2.24) is 0 Å². The van der Waals surface area contributed by atoms with Gasteiger partial charge < -0.3 is 29.2 Å². The van der Waals surface area contributed by atoms with E-state index in [-0.39, 0.29) is 38.0 Å². The Morgan fingerprint density at radius 1 is 0.743 bits per heavy atom. The maximum Gasteiger partial charge on any atom is 0.143 e. The average molecular weight is 485 g/mol. The van der Waals surface area contributed by atoms with Gasteiger partial charge in [0.2, 0.25) is 0 Å². The molecule has 3 rings (SSSR count). The normalized spacial score (nSPS) is 12.8. The van der Waals surface area contributed by atoms with E-state index in [9.17, 15) is 4.39 Å². The molecule has 0 radical (unpaired) electrons. The highest BCUT2D eigenvalue weighted by molar-refractivity contribution is 5.65. The minimum absolute atomic E-state index is 0.00744. The Balaban J connectivity index is 1.57. The Hall–Kier alpha value is -2.97. The molecule has 0 spiro atoms. The largest absolute Gasteiger partial charge is 0.488 e. The predicted octanol–water partition coefficient (Wildman–Crippen LogP) is 4.59. The summed E-state index contributed by atoms with van der Waals surface area (Å²) in [6.07, 6.45) is 0.269. The van der Waals surface area contributed by atoms with E-state index in [2.05, 4.69) is 0 Å². The zero-order chi connectivity index (χ0) is 25.0. The monoisotopic (exact) mass is 484 g/mol. The van der Waals surface area contributed by atoms with Crippen LogP contribution in [-0.2, 0) is 15.9 Å². The Bertz CT molecular complexity index is 1020. The summed E-state index contributed by atoms with van der Waals surface area (Å²) < 4.78 is 36.6. The van der Waals surface area contributed by atoms with Crippen molar-refractivity contribution in [2.24, 2.45) is 0 Å². The van der Waals surface area contributed by atoms with Crippen molar-refractivity contribution in [1.29, 1.82) is 0 Å². The maximum atomic E-state index is 14.9. The first-order valence-corrected chi connectivity index (χ1v) is 11.7. The van der Waals surface area contributed by atoms with Gasteiger partial charge in [0.25, 0.3) is 0 Å². The number of rotatable bonds is 14. The lowest BCUT2D eigenvalue weighted by molar-refractivity contribution is -0.0311. The van der Waals surface area contributed by atoms with E-state index in [0.717, 1.165) is 22.4 Å². The molecule has 6 nitrogen and oxygen atoms in total. The molecule has 3 aromatic rings. The molecule has 0 aromatic heterocycles. The van der Waals surface area contributed by atoms with Gasteiger partial charge >= 0.3 is 0 Å². The number of ether oxygens (including phenoxy) is 4. The summed E-state index contributed by atoms with van der Waals surface area (Å²) in [6, 6.07) is 20.2. The molecule has 0 fully saturated rings. The Labute approximate surface area is 205 Å². The fourth-order valence-electron chi connectivity index (χ4n) is 3.60. The highest BCUT2D eigenvalue weighted by Crippen LogP contribution is 2.27. The van der Waals surface area contributed by atoms with Crippen LogP contribution in [0.3, 0.4) is 0 Å². The summed E-state index contributed by atoms with van der Waals surface area (Å²) >= 11 is 0. The number of hydrogen-bond donors (Lipinski definition) is 2. The molecule has 0 saturated carbocycles. The number of aliphatic hydroxyl groups is 2. The fourth-order valence-corrected chi connectivity index (χ4v) is 3.60. The van der Waals surface area contributed by atoms with Gasteiger partial charge in [-0.2, -0.15) is 0 Å². The zero-order valence-electron chi connectivity index (χ0n) is 20.2. The molecule has 188 valence electrons. The summed E-state index contributed by atoms with van der Waals surface area (Å²) in [5.41, 5.74) is 3.22. The smallest absolute Gasteiger partial charge is 0.143 e. The minimum Gasteiger partial charge on any atom is -0.488 e. The SMILES string of the molecule is C[C@H](COCO)Oc1ccc(-c2ccc(Cc3ccc(O[C@@H](C)COCCO)cc3)cc2F)cc1. The molecule has 0 aliphatic heterocycles. The molecule has 0 saturated heterocycles. The van der Waals surface area contributed by atoms with Crippen LogP contribution < -0.4 is 9.47 Å². The molecular weight excluding hydrogens is 451 g/mol. The molecule has 3 aromatic carbocycles. The fraction of sp³-hybridized carbons (Fsp3) is 0.357. The quantitative estimate of drug-likeness (QED) is 0.257. The van der Waals surface area contributed by atoms with Crippen LogP contribution in [0.25, 0.3) is 11.1 Å². The van der Waals surface area contributed by atoms with Crippen molar-refractivity contribution in [2.45, 2.75) is 32.5 Å². The van der Waals surface area contributed by atoms with E-state index in [0.29, 0.717) is 30.9 Å². The van der Waals surface area contributed by atoms with Crippen LogP contribution in [0, 0.1) is 5.82 Å². The van der Waals surface area contributed by atoms with Crippen molar-refractivity contribution in [3.05, 3.63) is 83.7 Å². The van der Waals surface area contributed by atoms with Gasteiger partial charge in [-0.05, 0) is 67.3 Å². The second-order valence-electron chi connectivity index (χ2n) is 8.31. The van der Waals surface area contributed by atoms with Crippen LogP contribution in [-0.4, -0.2) is 55.6 Å². The van der Waals surface area contributed by atoms with Crippen LogP contribution in [0.1, 0.15) is 25.0 Å². The van der Waals surface area contributed by atoms with Crippen LogP contribution in [0.2, 0.25) is 0 Å². The molecule has 7 heteroatoms. The first-order chi connectivity index (χ1) is 17.0. The van der Waals surface area contributed by atoms with E-state index >= 15 is 0 Å². The first kappa shape index (κ1) is 26.6. The molecule has 0 bridgehead atoms. The Kier molecular flexibility index (Phi) is 10.5. The number of benzene rings is 3. The van der Waals surface area contributed by atoms with Gasteiger partial charge in [-0.3, -0.25) is 0 Å². The lowest BCUT2D eigenvalue weighted by Gasteiger charge is -2.15. The van der Waals surface area contributed by atoms with E-state index in [1.54, 1.807) is 24.3 Å². The van der Waals surface area contributed by atoms with Crippen molar-refractivity contribution >= 4 is 0 Å². The van der Waals surface area contributed by atoms with Crippen molar-refractivity contribution < 1.29 is 33.6 Å². The second-order valence-corrected chi connectivity index (χ2v) is 8.31. The lowest BCUT2D eigenvalue weighted by atomic mass is 9.99. The van der Waals surface area contributed by atoms with Gasteiger partial charge in [0.1, 0.15) is 36.3 Å². The van der Waals surface area contributed by atoms with Gasteiger partial charge in [0, 0.05) is 5.56 Å². The summed E-state index contributed by atoms with van der Waals surface area (Å²) in [4.78, 5) is 0. The summed E-state index contributed by atoms with van der Waals surface area (Å²) in [7, 11) is 0. The van der Waals surface area contributed by atoms with Crippen LogP contribution in [0.15, 0.2) is 66.7 Å². The van der Waals surface area contributed by atoms with E-state index < -0.39 is 0 Å². The third-order valence-corrected chi connectivity index (χ3v) is 5.24. The molecule has 0 amide bonds. The molecular formula is C28H33FO6.